The van der Waals surface area contributed by atoms with E-state index >= 15 is 0 Å². The first-order valence-electron chi connectivity index (χ1n) is 7.60. The Bertz CT molecular complexity index is 998. The molecule has 1 aromatic heterocycles. The minimum Gasteiger partial charge on any atom is -0.298 e. The fraction of sp³-hybridized carbons (Fsp3) is 0.0526. The third-order valence-corrected chi connectivity index (χ3v) is 5.36. The molecule has 0 fully saturated rings. The van der Waals surface area contributed by atoms with Gasteiger partial charge >= 0.3 is 0 Å². The minimum absolute atomic E-state index is 0.275. The average Bonchev–Trinajstić information content (AvgIpc) is 2.96. The van der Waals surface area contributed by atoms with Gasteiger partial charge < -0.3 is 0 Å². The number of amides is 1. The summed E-state index contributed by atoms with van der Waals surface area (Å²) in [6, 6.07) is 12.6. The number of aryl methyl sites for hydroxylation is 1. The van der Waals surface area contributed by atoms with E-state index in [1.54, 1.807) is 24.3 Å². The smallest absolute Gasteiger partial charge is 0.250 e. The number of thiazole rings is 1. The zero-order chi connectivity index (χ0) is 18.7. The monoisotopic (exact) mass is 422 g/mol. The van der Waals surface area contributed by atoms with Crippen molar-refractivity contribution in [1.29, 1.82) is 0 Å². The molecule has 1 amide bonds. The number of halogens is 3. The molecule has 3 rings (SSSR count). The van der Waals surface area contributed by atoms with E-state index in [-0.39, 0.29) is 5.91 Å². The largest absolute Gasteiger partial charge is 0.298 e. The van der Waals surface area contributed by atoms with Gasteiger partial charge in [0.05, 0.1) is 15.7 Å². The van der Waals surface area contributed by atoms with Crippen LogP contribution in [0.5, 0.6) is 0 Å². The zero-order valence-corrected chi connectivity index (χ0v) is 16.7. The van der Waals surface area contributed by atoms with Crippen LogP contribution in [-0.4, -0.2) is 10.9 Å². The summed E-state index contributed by atoms with van der Waals surface area (Å²) in [5.74, 6) is -0.275. The van der Waals surface area contributed by atoms with Gasteiger partial charge in [0.25, 0.3) is 0 Å². The predicted molar refractivity (Wildman–Crippen MR) is 111 cm³/mol. The number of anilines is 1. The number of nitrogens with one attached hydrogen (secondary N) is 1. The molecule has 3 aromatic rings. The summed E-state index contributed by atoms with van der Waals surface area (Å²) in [6.07, 6.45) is 3.09. The number of carbonyl (C=O) groups is 1. The highest BCUT2D eigenvalue weighted by atomic mass is 35.5. The minimum atomic E-state index is -0.275. The summed E-state index contributed by atoms with van der Waals surface area (Å²) in [4.78, 5) is 17.6. The first kappa shape index (κ1) is 18.9. The molecule has 1 N–H and O–H groups in total. The summed E-state index contributed by atoms with van der Waals surface area (Å²) in [5, 5.41) is 4.86. The van der Waals surface area contributed by atoms with Crippen molar-refractivity contribution in [1.82, 2.24) is 4.98 Å². The van der Waals surface area contributed by atoms with E-state index in [2.05, 4.69) is 10.3 Å². The van der Waals surface area contributed by atoms with E-state index < -0.39 is 0 Å². The Kier molecular flexibility index (Phi) is 5.99. The van der Waals surface area contributed by atoms with Gasteiger partial charge in [0.2, 0.25) is 5.91 Å². The van der Waals surface area contributed by atoms with Gasteiger partial charge in [-0.05, 0) is 42.8 Å². The van der Waals surface area contributed by atoms with Gasteiger partial charge in [0.15, 0.2) is 5.13 Å². The van der Waals surface area contributed by atoms with Crippen LogP contribution in [0.15, 0.2) is 48.5 Å². The van der Waals surface area contributed by atoms with Crippen molar-refractivity contribution in [2.75, 3.05) is 5.32 Å². The molecule has 2 aromatic carbocycles. The summed E-state index contributed by atoms with van der Waals surface area (Å²) < 4.78 is 0. The molecular formula is C19H13Cl3N2OS. The molecule has 3 nitrogen and oxygen atoms in total. The summed E-state index contributed by atoms with van der Waals surface area (Å²) in [7, 11) is 0. The van der Waals surface area contributed by atoms with Crippen LogP contribution in [-0.2, 0) is 4.79 Å². The Labute approximate surface area is 170 Å². The maximum Gasteiger partial charge on any atom is 0.250 e. The number of nitrogens with zero attached hydrogens (tertiary/aromatic N) is 1. The van der Waals surface area contributed by atoms with Gasteiger partial charge in [0, 0.05) is 21.5 Å². The van der Waals surface area contributed by atoms with E-state index in [1.807, 2.05) is 31.2 Å². The third-order valence-electron chi connectivity index (χ3n) is 3.50. The van der Waals surface area contributed by atoms with E-state index in [0.29, 0.717) is 20.2 Å². The Morgan fingerprint density at radius 1 is 1.12 bits per heavy atom. The van der Waals surface area contributed by atoms with Crippen LogP contribution >= 0.6 is 46.1 Å². The normalized spacial score (nSPS) is 11.1. The standard InChI is InChI=1S/C19H13Cl3N2OS/c1-11-18(13-3-2-4-14(20)10-13)24-19(26-11)23-17(25)8-6-12-5-7-15(21)16(22)9-12/h2-10H,1H3,(H,23,24,25). The first-order valence-corrected chi connectivity index (χ1v) is 9.55. The third kappa shape index (κ3) is 4.65. The predicted octanol–water partition coefficient (Wildman–Crippen LogP) is 6.73. The number of aromatic nitrogens is 1. The fourth-order valence-electron chi connectivity index (χ4n) is 2.29. The lowest BCUT2D eigenvalue weighted by molar-refractivity contribution is -0.111. The van der Waals surface area contributed by atoms with Gasteiger partial charge in [-0.25, -0.2) is 4.98 Å². The maximum absolute atomic E-state index is 12.1. The van der Waals surface area contributed by atoms with Crippen LogP contribution in [0.3, 0.4) is 0 Å². The molecule has 0 atom stereocenters. The fourth-order valence-corrected chi connectivity index (χ4v) is 3.62. The van der Waals surface area contributed by atoms with Gasteiger partial charge in [0.1, 0.15) is 0 Å². The molecule has 0 unspecified atom stereocenters. The Balaban J connectivity index is 1.73. The molecule has 26 heavy (non-hydrogen) atoms. The van der Waals surface area contributed by atoms with Crippen molar-refractivity contribution in [3.05, 3.63) is 74.0 Å². The molecule has 0 aliphatic rings. The zero-order valence-electron chi connectivity index (χ0n) is 13.6. The lowest BCUT2D eigenvalue weighted by Gasteiger charge is -1.99. The number of benzene rings is 2. The highest BCUT2D eigenvalue weighted by molar-refractivity contribution is 7.16. The molecular weight excluding hydrogens is 411 g/mol. The van der Waals surface area contributed by atoms with Crippen molar-refractivity contribution < 1.29 is 4.79 Å². The Morgan fingerprint density at radius 2 is 1.92 bits per heavy atom. The van der Waals surface area contributed by atoms with Crippen LogP contribution < -0.4 is 5.32 Å². The second-order valence-electron chi connectivity index (χ2n) is 5.43. The molecule has 7 heteroatoms. The second kappa shape index (κ2) is 8.23. The molecule has 1 heterocycles. The highest BCUT2D eigenvalue weighted by Crippen LogP contribution is 2.31. The van der Waals surface area contributed by atoms with E-state index in [4.69, 9.17) is 34.8 Å². The second-order valence-corrected chi connectivity index (χ2v) is 7.88. The number of hydrogen-bond donors (Lipinski definition) is 1. The van der Waals surface area contributed by atoms with Crippen molar-refractivity contribution in [3.8, 4) is 11.3 Å². The molecule has 0 radical (unpaired) electrons. The van der Waals surface area contributed by atoms with Crippen LogP contribution in [0.2, 0.25) is 15.1 Å². The van der Waals surface area contributed by atoms with E-state index in [9.17, 15) is 4.79 Å². The highest BCUT2D eigenvalue weighted by Gasteiger charge is 2.11. The first-order chi connectivity index (χ1) is 12.4. The molecule has 0 saturated carbocycles. The topological polar surface area (TPSA) is 42.0 Å². The molecule has 132 valence electrons. The van der Waals surface area contributed by atoms with Gasteiger partial charge in [-0.1, -0.05) is 53.0 Å². The summed E-state index contributed by atoms with van der Waals surface area (Å²) in [5.41, 5.74) is 2.50. The van der Waals surface area contributed by atoms with Crippen molar-refractivity contribution in [2.45, 2.75) is 6.92 Å². The van der Waals surface area contributed by atoms with Gasteiger partial charge in [-0.3, -0.25) is 10.1 Å². The average molecular weight is 424 g/mol. The lowest BCUT2D eigenvalue weighted by Crippen LogP contribution is -2.07. The van der Waals surface area contributed by atoms with Crippen LogP contribution in [0, 0.1) is 6.92 Å². The summed E-state index contributed by atoms with van der Waals surface area (Å²) >= 11 is 19.3. The summed E-state index contributed by atoms with van der Waals surface area (Å²) in [6.45, 7) is 1.95. The molecule has 0 aliphatic heterocycles. The Morgan fingerprint density at radius 3 is 2.65 bits per heavy atom. The van der Waals surface area contributed by atoms with Crippen molar-refractivity contribution in [3.63, 3.8) is 0 Å². The number of rotatable bonds is 4. The van der Waals surface area contributed by atoms with Crippen LogP contribution in [0.25, 0.3) is 17.3 Å². The molecule has 0 spiro atoms. The van der Waals surface area contributed by atoms with Gasteiger partial charge in [-0.2, -0.15) is 0 Å². The number of carbonyl (C=O) groups excluding carboxylic acids is 1. The van der Waals surface area contributed by atoms with Crippen LogP contribution in [0.1, 0.15) is 10.4 Å². The van der Waals surface area contributed by atoms with E-state index in [1.165, 1.54) is 17.4 Å². The van der Waals surface area contributed by atoms with Crippen molar-refractivity contribution in [2.24, 2.45) is 0 Å². The Hall–Kier alpha value is -1.85. The maximum atomic E-state index is 12.1. The van der Waals surface area contributed by atoms with Gasteiger partial charge in [-0.15, -0.1) is 11.3 Å². The molecule has 0 saturated heterocycles. The van der Waals surface area contributed by atoms with Crippen LogP contribution in [0.4, 0.5) is 5.13 Å². The number of hydrogen-bond acceptors (Lipinski definition) is 3. The quantitative estimate of drug-likeness (QED) is 0.473. The molecule has 0 bridgehead atoms. The lowest BCUT2D eigenvalue weighted by atomic mass is 10.1. The SMILES string of the molecule is Cc1sc(NC(=O)C=Cc2ccc(Cl)c(Cl)c2)nc1-c1cccc(Cl)c1. The van der Waals surface area contributed by atoms with E-state index in [0.717, 1.165) is 21.7 Å². The van der Waals surface area contributed by atoms with Crippen molar-refractivity contribution >= 4 is 63.3 Å². The molecule has 0 aliphatic carbocycles.